The molecule has 1 fully saturated rings. The van der Waals surface area contributed by atoms with E-state index in [1.54, 1.807) is 43.0 Å². The molecule has 0 aromatic heterocycles. The molecule has 0 radical (unpaired) electrons. The molecule has 1 saturated heterocycles. The summed E-state index contributed by atoms with van der Waals surface area (Å²) >= 11 is 17.8. The van der Waals surface area contributed by atoms with E-state index in [2.05, 4.69) is 5.48 Å². The van der Waals surface area contributed by atoms with E-state index in [-0.39, 0.29) is 51.2 Å². The van der Waals surface area contributed by atoms with Crippen LogP contribution < -0.4 is 5.48 Å². The number of rotatable bonds is 4. The lowest BCUT2D eigenvalue weighted by Crippen LogP contribution is -2.62. The highest BCUT2D eigenvalue weighted by Gasteiger charge is 2.60. The lowest BCUT2D eigenvalue weighted by atomic mass is 9.84. The molecule has 0 bridgehead atoms. The van der Waals surface area contributed by atoms with Crippen molar-refractivity contribution in [3.8, 4) is 0 Å². The highest BCUT2D eigenvalue weighted by molar-refractivity contribution is 6.48. The molecular weight excluding hydrogens is 516 g/mol. The van der Waals surface area contributed by atoms with Crippen molar-refractivity contribution < 1.29 is 27.9 Å². The zero-order valence-electron chi connectivity index (χ0n) is 18.0. The molecule has 4 rings (SSSR count). The predicted molar refractivity (Wildman–Crippen MR) is 123 cm³/mol. The maximum absolute atomic E-state index is 14.2. The maximum atomic E-state index is 14.2. The van der Waals surface area contributed by atoms with Crippen molar-refractivity contribution in [2.45, 2.75) is 31.2 Å². The van der Waals surface area contributed by atoms with E-state index >= 15 is 0 Å². The van der Waals surface area contributed by atoms with Gasteiger partial charge in [-0.1, -0.05) is 72.9 Å². The molecule has 0 spiro atoms. The predicted octanol–water partition coefficient (Wildman–Crippen LogP) is 5.67. The van der Waals surface area contributed by atoms with Crippen LogP contribution in [0.2, 0.25) is 15.1 Å². The number of likely N-dealkylation sites (tertiary alicyclic amines) is 1. The minimum atomic E-state index is -4.85. The number of nitrogens with one attached hydrogen (secondary N) is 1. The summed E-state index contributed by atoms with van der Waals surface area (Å²) in [5.41, 5.74) is -1.00. The smallest absolute Gasteiger partial charge is 0.381 e. The number of amides is 1. The Morgan fingerprint density at radius 3 is 2.15 bits per heavy atom. The quantitative estimate of drug-likeness (QED) is 0.496. The highest BCUT2D eigenvalue weighted by Crippen LogP contribution is 2.49. The lowest BCUT2D eigenvalue weighted by Gasteiger charge is -2.47. The third-order valence-electron chi connectivity index (χ3n) is 5.95. The number of hydrogen-bond acceptors (Lipinski definition) is 4. The Labute approximate surface area is 209 Å². The molecule has 11 heteroatoms. The van der Waals surface area contributed by atoms with Crippen molar-refractivity contribution in [3.63, 3.8) is 0 Å². The third kappa shape index (κ3) is 4.16. The number of alkyl halides is 3. The summed E-state index contributed by atoms with van der Waals surface area (Å²) in [6, 6.07) is 8.47. The Bertz CT molecular complexity index is 1140. The summed E-state index contributed by atoms with van der Waals surface area (Å²) in [5.74, 6) is -0.226. The summed E-state index contributed by atoms with van der Waals surface area (Å²) in [7, 11) is 0. The van der Waals surface area contributed by atoms with E-state index in [0.717, 1.165) is 18.2 Å². The molecule has 2 heterocycles. The molecule has 34 heavy (non-hydrogen) atoms. The van der Waals surface area contributed by atoms with Gasteiger partial charge in [-0.15, -0.1) is 0 Å². The van der Waals surface area contributed by atoms with Crippen molar-refractivity contribution >= 4 is 46.4 Å². The van der Waals surface area contributed by atoms with Gasteiger partial charge in [0.15, 0.2) is 0 Å². The van der Waals surface area contributed by atoms with Crippen LogP contribution in [0.15, 0.2) is 42.5 Å². The van der Waals surface area contributed by atoms with Crippen molar-refractivity contribution in [1.82, 2.24) is 10.4 Å². The molecule has 1 unspecified atom stereocenters. The Kier molecular flexibility index (Phi) is 6.36. The van der Waals surface area contributed by atoms with Gasteiger partial charge in [-0.05, 0) is 29.3 Å². The van der Waals surface area contributed by atoms with Gasteiger partial charge in [-0.3, -0.25) is 15.1 Å². The van der Waals surface area contributed by atoms with Gasteiger partial charge in [0.1, 0.15) is 5.60 Å². The molecule has 2 aromatic rings. The molecule has 1 amide bonds. The van der Waals surface area contributed by atoms with Crippen LogP contribution >= 0.6 is 34.8 Å². The van der Waals surface area contributed by atoms with E-state index in [1.165, 1.54) is 0 Å². The van der Waals surface area contributed by atoms with Gasteiger partial charge in [0, 0.05) is 11.5 Å². The monoisotopic (exact) mass is 534 g/mol. The summed E-state index contributed by atoms with van der Waals surface area (Å²) in [5, 5.41) is 10.5. The fourth-order valence-corrected chi connectivity index (χ4v) is 4.60. The molecule has 182 valence electrons. The number of halogens is 6. The van der Waals surface area contributed by atoms with E-state index in [4.69, 9.17) is 39.6 Å². The molecule has 1 atom stereocenters. The first-order valence-corrected chi connectivity index (χ1v) is 11.4. The van der Waals surface area contributed by atoms with Crippen molar-refractivity contribution in [2.24, 2.45) is 5.92 Å². The summed E-state index contributed by atoms with van der Waals surface area (Å²) in [4.78, 5) is 18.7. The number of hydrogen-bond donors (Lipinski definition) is 2. The van der Waals surface area contributed by atoms with E-state index in [0.29, 0.717) is 11.1 Å². The third-order valence-corrected chi connectivity index (χ3v) is 7.14. The number of carbonyl (C=O) groups is 1. The Balaban J connectivity index is 1.62. The van der Waals surface area contributed by atoms with Gasteiger partial charge < -0.3 is 10.0 Å². The molecule has 5 nitrogen and oxygen atoms in total. The Hall–Kier alpha value is -1.97. The fourth-order valence-electron chi connectivity index (χ4n) is 4.00. The van der Waals surface area contributed by atoms with Gasteiger partial charge in [0.05, 0.1) is 33.9 Å². The molecule has 2 aromatic carbocycles. The maximum Gasteiger partial charge on any atom is 0.428 e. The summed E-state index contributed by atoms with van der Waals surface area (Å²) in [6.45, 7) is 3.88. The topological polar surface area (TPSA) is 61.8 Å². The van der Waals surface area contributed by atoms with Crippen LogP contribution in [0.1, 0.15) is 30.5 Å². The fraction of sp³-hybridized carbons (Fsp3) is 0.348. The number of aliphatic hydroxyl groups is 1. The van der Waals surface area contributed by atoms with Crippen LogP contribution in [0.4, 0.5) is 13.2 Å². The minimum Gasteiger partial charge on any atom is -0.381 e. The standard InChI is InChI=1S/C23H20Cl3F3N2O3/c1-12(2)20(32)31-10-21(33,11-31)14-5-3-13(4-6-14)18-9-22(34-30-18,23(27,28)29)15-7-16(24)19(26)17(25)8-15/h3-9,12,30,33H,10-11H2,1-2H3. The van der Waals surface area contributed by atoms with Crippen LogP contribution in [0.3, 0.4) is 0 Å². The first kappa shape index (κ1) is 25.1. The molecule has 2 aliphatic heterocycles. The Morgan fingerprint density at radius 2 is 1.65 bits per heavy atom. The van der Waals surface area contributed by atoms with Gasteiger partial charge in [-0.2, -0.15) is 13.2 Å². The number of hydroxylamine groups is 1. The van der Waals surface area contributed by atoms with Gasteiger partial charge in [-0.25, -0.2) is 0 Å². The van der Waals surface area contributed by atoms with Gasteiger partial charge in [0.2, 0.25) is 11.5 Å². The number of benzene rings is 2. The Morgan fingerprint density at radius 1 is 1.09 bits per heavy atom. The van der Waals surface area contributed by atoms with Crippen LogP contribution in [-0.2, 0) is 20.8 Å². The number of β-amino-alcohol motifs (C(OH)–C–C–N with tert-alkyl or cyclic N) is 1. The number of nitrogens with zero attached hydrogens (tertiary/aromatic N) is 1. The van der Waals surface area contributed by atoms with E-state index in [9.17, 15) is 23.1 Å². The SMILES string of the molecule is CC(C)C(=O)N1CC(O)(c2ccc(C3=CC(c4cc(Cl)c(Cl)c(Cl)c4)(C(F)(F)F)ON3)cc2)C1. The van der Waals surface area contributed by atoms with Crippen molar-refractivity contribution in [2.75, 3.05) is 13.1 Å². The molecule has 2 N–H and O–H groups in total. The van der Waals surface area contributed by atoms with Crippen molar-refractivity contribution in [3.05, 3.63) is 74.2 Å². The first-order chi connectivity index (χ1) is 15.8. The molecule has 0 aliphatic carbocycles. The molecular formula is C23H20Cl3F3N2O3. The summed E-state index contributed by atoms with van der Waals surface area (Å²) in [6.07, 6.45) is -3.95. The zero-order chi connectivity index (χ0) is 25.1. The molecule has 2 aliphatic rings. The zero-order valence-corrected chi connectivity index (χ0v) is 20.3. The van der Waals surface area contributed by atoms with Gasteiger partial charge >= 0.3 is 6.18 Å². The number of carbonyl (C=O) groups excluding carboxylic acids is 1. The average Bonchev–Trinajstić information content (AvgIpc) is 3.21. The van der Waals surface area contributed by atoms with E-state index in [1.807, 2.05) is 0 Å². The second-order valence-corrected chi connectivity index (χ2v) is 9.90. The van der Waals surface area contributed by atoms with Crippen molar-refractivity contribution in [1.29, 1.82) is 0 Å². The van der Waals surface area contributed by atoms with E-state index < -0.39 is 17.4 Å². The second-order valence-electron chi connectivity index (χ2n) is 8.71. The normalized spacial score (nSPS) is 21.8. The lowest BCUT2D eigenvalue weighted by molar-refractivity contribution is -0.269. The largest absolute Gasteiger partial charge is 0.428 e. The average molecular weight is 536 g/mol. The van der Waals surface area contributed by atoms with Crippen LogP contribution in [0.25, 0.3) is 5.70 Å². The van der Waals surface area contributed by atoms with Crippen LogP contribution in [0.5, 0.6) is 0 Å². The van der Waals surface area contributed by atoms with Gasteiger partial charge in [0.25, 0.3) is 0 Å². The van der Waals surface area contributed by atoms with Crippen LogP contribution in [-0.4, -0.2) is 35.2 Å². The van der Waals surface area contributed by atoms with Crippen LogP contribution in [0, 0.1) is 5.92 Å². The first-order valence-electron chi connectivity index (χ1n) is 10.3. The highest BCUT2D eigenvalue weighted by atomic mass is 35.5. The molecule has 0 saturated carbocycles. The second kappa shape index (κ2) is 8.60. The summed E-state index contributed by atoms with van der Waals surface area (Å²) < 4.78 is 42.6. The minimum absolute atomic E-state index is 0.0512.